The monoisotopic (exact) mass is 412 g/mol. The minimum absolute atomic E-state index is 0.0819. The Morgan fingerprint density at radius 1 is 1.14 bits per heavy atom. The van der Waals surface area contributed by atoms with Gasteiger partial charge in [-0.15, -0.1) is 0 Å². The fraction of sp³-hybridized carbons (Fsp3) is 0.857. The second kappa shape index (κ2) is 6.62. The Morgan fingerprint density at radius 3 is 2.50 bits per heavy atom. The zero-order valence-corrected chi connectivity index (χ0v) is 17.7. The first-order valence-electron chi connectivity index (χ1n) is 10.5. The molecule has 8 unspecified atom stereocenters. The van der Waals surface area contributed by atoms with E-state index in [0.29, 0.717) is 30.0 Å². The first-order valence-corrected chi connectivity index (χ1v) is 11.9. The molecule has 3 fully saturated rings. The minimum Gasteiger partial charge on any atom is -0.386 e. The van der Waals surface area contributed by atoms with Crippen LogP contribution in [0.3, 0.4) is 0 Å². The van der Waals surface area contributed by atoms with Crippen LogP contribution in [0, 0.1) is 34.5 Å². The molecule has 158 valence electrons. The van der Waals surface area contributed by atoms with Gasteiger partial charge in [0.2, 0.25) is 0 Å². The Morgan fingerprint density at radius 2 is 1.86 bits per heavy atom. The number of ketones is 1. The van der Waals surface area contributed by atoms with Gasteiger partial charge < -0.3 is 5.11 Å². The van der Waals surface area contributed by atoms with Crippen molar-refractivity contribution in [2.75, 3.05) is 0 Å². The fourth-order valence-corrected chi connectivity index (χ4v) is 8.14. The molecule has 0 aromatic rings. The molecule has 4 aliphatic carbocycles. The highest BCUT2D eigenvalue weighted by atomic mass is 32.3. The Bertz CT molecular complexity index is 804. The lowest BCUT2D eigenvalue weighted by Crippen LogP contribution is -2.54. The van der Waals surface area contributed by atoms with Crippen LogP contribution < -0.4 is 0 Å². The summed E-state index contributed by atoms with van der Waals surface area (Å²) in [5.74, 6) is 1.94. The lowest BCUT2D eigenvalue weighted by Gasteiger charge is -2.58. The summed E-state index contributed by atoms with van der Waals surface area (Å²) in [6, 6.07) is 0. The van der Waals surface area contributed by atoms with E-state index in [1.807, 2.05) is 0 Å². The Labute approximate surface area is 167 Å². The van der Waals surface area contributed by atoms with E-state index in [0.717, 1.165) is 44.1 Å². The molecule has 0 spiro atoms. The van der Waals surface area contributed by atoms with Crippen molar-refractivity contribution < 1.29 is 27.1 Å². The van der Waals surface area contributed by atoms with Gasteiger partial charge in [0.15, 0.2) is 0 Å². The van der Waals surface area contributed by atoms with Crippen LogP contribution in [-0.2, 0) is 19.4 Å². The van der Waals surface area contributed by atoms with Crippen molar-refractivity contribution in [1.82, 2.24) is 0 Å². The van der Waals surface area contributed by atoms with Crippen molar-refractivity contribution in [2.45, 2.75) is 77.9 Å². The standard InChI is InChI=1S/C21H32O6S/c1-12(22)14-6-7-15-13-4-5-17-19(23)18(27-28(24,25)26)9-11-21(17,3)16(13)8-10-20(14,15)2/h5,13-16,18-19,23H,4,6-11H2,1-3H3,(H,24,25,26). The first kappa shape index (κ1) is 20.5. The number of carbonyl (C=O) groups is 1. The quantitative estimate of drug-likeness (QED) is 0.545. The molecule has 0 heterocycles. The molecule has 0 amide bonds. The van der Waals surface area contributed by atoms with Crippen LogP contribution >= 0.6 is 0 Å². The highest BCUT2D eigenvalue weighted by Crippen LogP contribution is 2.66. The van der Waals surface area contributed by atoms with Crippen LogP contribution in [0.2, 0.25) is 0 Å². The summed E-state index contributed by atoms with van der Waals surface area (Å²) < 4.78 is 36.0. The van der Waals surface area contributed by atoms with Gasteiger partial charge in [-0.25, -0.2) is 4.18 Å². The van der Waals surface area contributed by atoms with E-state index in [-0.39, 0.29) is 16.7 Å². The van der Waals surface area contributed by atoms with Crippen LogP contribution in [0.1, 0.15) is 65.7 Å². The van der Waals surface area contributed by atoms with E-state index in [1.54, 1.807) is 6.92 Å². The lowest BCUT2D eigenvalue weighted by molar-refractivity contribution is -0.128. The maximum absolute atomic E-state index is 12.2. The third-order valence-electron chi connectivity index (χ3n) is 8.88. The summed E-state index contributed by atoms with van der Waals surface area (Å²) in [4.78, 5) is 12.2. The largest absolute Gasteiger partial charge is 0.397 e. The number of hydrogen-bond acceptors (Lipinski definition) is 5. The van der Waals surface area contributed by atoms with Gasteiger partial charge in [-0.1, -0.05) is 19.9 Å². The average molecular weight is 413 g/mol. The number of carbonyl (C=O) groups excluding carboxylic acids is 1. The minimum atomic E-state index is -4.59. The molecule has 0 bridgehead atoms. The van der Waals surface area contributed by atoms with Crippen LogP contribution in [0.25, 0.3) is 0 Å². The normalized spacial score (nSPS) is 48.2. The van der Waals surface area contributed by atoms with Crippen molar-refractivity contribution in [2.24, 2.45) is 34.5 Å². The van der Waals surface area contributed by atoms with Gasteiger partial charge in [0.05, 0.1) is 0 Å². The molecular formula is C21H32O6S. The van der Waals surface area contributed by atoms with Gasteiger partial charge in [0.25, 0.3) is 0 Å². The lowest BCUT2D eigenvalue weighted by atomic mass is 9.47. The van der Waals surface area contributed by atoms with Gasteiger partial charge in [-0.2, -0.15) is 8.42 Å². The third-order valence-corrected chi connectivity index (χ3v) is 9.37. The molecule has 3 saturated carbocycles. The summed E-state index contributed by atoms with van der Waals surface area (Å²) >= 11 is 0. The Kier molecular flexibility index (Phi) is 4.85. The van der Waals surface area contributed by atoms with Gasteiger partial charge in [0, 0.05) is 5.92 Å². The molecular weight excluding hydrogens is 380 g/mol. The Balaban J connectivity index is 1.62. The Hall–Kier alpha value is -0.760. The number of rotatable bonds is 3. The molecule has 0 saturated heterocycles. The summed E-state index contributed by atoms with van der Waals surface area (Å²) in [5.41, 5.74) is 0.772. The van der Waals surface area contributed by atoms with Crippen molar-refractivity contribution in [3.05, 3.63) is 11.6 Å². The highest BCUT2D eigenvalue weighted by molar-refractivity contribution is 7.80. The molecule has 7 heteroatoms. The second-order valence-electron chi connectivity index (χ2n) is 10.0. The molecule has 0 aromatic carbocycles. The summed E-state index contributed by atoms with van der Waals surface area (Å²) in [7, 11) is -4.59. The summed E-state index contributed by atoms with van der Waals surface area (Å²) in [6.07, 6.45) is 6.30. The summed E-state index contributed by atoms with van der Waals surface area (Å²) in [6.45, 7) is 6.24. The smallest absolute Gasteiger partial charge is 0.386 e. The zero-order chi connectivity index (χ0) is 20.5. The number of aliphatic hydroxyl groups excluding tert-OH is 1. The van der Waals surface area contributed by atoms with Gasteiger partial charge >= 0.3 is 10.4 Å². The topological polar surface area (TPSA) is 101 Å². The van der Waals surface area contributed by atoms with E-state index >= 15 is 0 Å². The highest BCUT2D eigenvalue weighted by Gasteiger charge is 2.60. The van der Waals surface area contributed by atoms with Crippen molar-refractivity contribution >= 4 is 16.2 Å². The molecule has 8 atom stereocenters. The third kappa shape index (κ3) is 3.01. The van der Waals surface area contributed by atoms with Crippen molar-refractivity contribution in [3.63, 3.8) is 0 Å². The van der Waals surface area contributed by atoms with Gasteiger partial charge in [-0.3, -0.25) is 9.35 Å². The van der Waals surface area contributed by atoms with Crippen LogP contribution in [-0.4, -0.2) is 36.1 Å². The predicted octanol–water partition coefficient (Wildman–Crippen LogP) is 3.31. The number of hydrogen-bond donors (Lipinski definition) is 2. The zero-order valence-electron chi connectivity index (χ0n) is 16.9. The number of fused-ring (bicyclic) bond motifs is 5. The molecule has 6 nitrogen and oxygen atoms in total. The van der Waals surface area contributed by atoms with Gasteiger partial charge in [-0.05, 0) is 86.0 Å². The van der Waals surface area contributed by atoms with Crippen LogP contribution in [0.5, 0.6) is 0 Å². The molecule has 2 N–H and O–H groups in total. The molecule has 0 aliphatic heterocycles. The maximum Gasteiger partial charge on any atom is 0.397 e. The predicted molar refractivity (Wildman–Crippen MR) is 104 cm³/mol. The van der Waals surface area contributed by atoms with E-state index in [9.17, 15) is 18.3 Å². The second-order valence-corrected chi connectivity index (χ2v) is 11.1. The molecule has 4 aliphatic rings. The fourth-order valence-electron chi connectivity index (χ4n) is 7.63. The van der Waals surface area contributed by atoms with E-state index in [4.69, 9.17) is 8.74 Å². The molecule has 28 heavy (non-hydrogen) atoms. The molecule has 0 aromatic heterocycles. The number of aliphatic hydroxyl groups is 1. The van der Waals surface area contributed by atoms with E-state index < -0.39 is 22.6 Å². The van der Waals surface area contributed by atoms with E-state index in [2.05, 4.69) is 19.9 Å². The first-order chi connectivity index (χ1) is 13.0. The van der Waals surface area contributed by atoms with Crippen LogP contribution in [0.15, 0.2) is 11.6 Å². The van der Waals surface area contributed by atoms with Crippen molar-refractivity contribution in [3.8, 4) is 0 Å². The van der Waals surface area contributed by atoms with E-state index in [1.165, 1.54) is 0 Å². The molecule has 0 radical (unpaired) electrons. The van der Waals surface area contributed by atoms with Gasteiger partial charge in [0.1, 0.15) is 18.0 Å². The maximum atomic E-state index is 12.2. The number of Topliss-reactive ketones (excluding diaryl/α,β-unsaturated/α-hetero) is 1. The van der Waals surface area contributed by atoms with Crippen molar-refractivity contribution in [1.29, 1.82) is 0 Å². The SMILES string of the molecule is CC(=O)C1CCC2C3CC=C4C(O)C(OS(=O)(=O)O)CCC4(C)C3CCC12C. The molecule has 4 rings (SSSR count). The van der Waals surface area contributed by atoms with Crippen LogP contribution in [0.4, 0.5) is 0 Å². The average Bonchev–Trinajstić information content (AvgIpc) is 2.94. The summed E-state index contributed by atoms with van der Waals surface area (Å²) in [5, 5.41) is 10.8. The number of allylic oxidation sites excluding steroid dienone is 1.